The SMILES string of the molecule is CN(Cc1ccn(C)n1)C(=O)c1ccnn1COc1ccc(Cl)cc1. The van der Waals surface area contributed by atoms with Crippen LogP contribution >= 0.6 is 11.6 Å². The Kier molecular flexibility index (Phi) is 5.04. The lowest BCUT2D eigenvalue weighted by Crippen LogP contribution is -2.29. The van der Waals surface area contributed by atoms with Crippen molar-refractivity contribution in [3.8, 4) is 5.75 Å². The molecule has 0 aliphatic carbocycles. The summed E-state index contributed by atoms with van der Waals surface area (Å²) in [5.74, 6) is 0.503. The minimum atomic E-state index is -0.150. The van der Waals surface area contributed by atoms with E-state index in [1.165, 1.54) is 4.68 Å². The van der Waals surface area contributed by atoms with Crippen LogP contribution in [0.1, 0.15) is 16.2 Å². The minimum Gasteiger partial charge on any atom is -0.471 e. The van der Waals surface area contributed by atoms with E-state index in [0.717, 1.165) is 5.69 Å². The van der Waals surface area contributed by atoms with Crippen molar-refractivity contribution in [1.82, 2.24) is 24.5 Å². The number of benzene rings is 1. The molecular formula is C17H18ClN5O2. The maximum absolute atomic E-state index is 12.7. The second-order valence-corrected chi connectivity index (χ2v) is 6.02. The van der Waals surface area contributed by atoms with Gasteiger partial charge in [-0.05, 0) is 36.4 Å². The second-order valence-electron chi connectivity index (χ2n) is 5.59. The first-order chi connectivity index (χ1) is 12.0. The molecule has 0 fully saturated rings. The van der Waals surface area contributed by atoms with Gasteiger partial charge >= 0.3 is 0 Å². The van der Waals surface area contributed by atoms with Gasteiger partial charge in [0, 0.05) is 31.5 Å². The van der Waals surface area contributed by atoms with Crippen molar-refractivity contribution in [2.24, 2.45) is 7.05 Å². The monoisotopic (exact) mass is 359 g/mol. The highest BCUT2D eigenvalue weighted by atomic mass is 35.5. The molecule has 0 aliphatic heterocycles. The summed E-state index contributed by atoms with van der Waals surface area (Å²) in [6.07, 6.45) is 3.42. The van der Waals surface area contributed by atoms with E-state index in [1.807, 2.05) is 19.3 Å². The van der Waals surface area contributed by atoms with E-state index >= 15 is 0 Å². The number of rotatable bonds is 6. The van der Waals surface area contributed by atoms with Gasteiger partial charge in [0.05, 0.1) is 12.2 Å². The fraction of sp³-hybridized carbons (Fsp3) is 0.235. The Morgan fingerprint density at radius 3 is 2.68 bits per heavy atom. The van der Waals surface area contributed by atoms with E-state index in [-0.39, 0.29) is 12.6 Å². The molecule has 2 heterocycles. The lowest BCUT2D eigenvalue weighted by Gasteiger charge is -2.17. The minimum absolute atomic E-state index is 0.132. The van der Waals surface area contributed by atoms with Crippen LogP contribution in [0.25, 0.3) is 0 Å². The van der Waals surface area contributed by atoms with Crippen LogP contribution in [0, 0.1) is 0 Å². The van der Waals surface area contributed by atoms with Crippen molar-refractivity contribution < 1.29 is 9.53 Å². The standard InChI is InChI=1S/C17H18ClN5O2/c1-21(11-14-8-10-22(2)20-14)17(24)16-7-9-19-23(16)12-25-15-5-3-13(18)4-6-15/h3-10H,11-12H2,1-2H3. The molecule has 8 heteroatoms. The normalized spacial score (nSPS) is 10.7. The highest BCUT2D eigenvalue weighted by Crippen LogP contribution is 2.16. The molecule has 25 heavy (non-hydrogen) atoms. The summed E-state index contributed by atoms with van der Waals surface area (Å²) in [6.45, 7) is 0.552. The Hall–Kier alpha value is -2.80. The van der Waals surface area contributed by atoms with Gasteiger partial charge < -0.3 is 9.64 Å². The van der Waals surface area contributed by atoms with Crippen molar-refractivity contribution in [3.63, 3.8) is 0 Å². The van der Waals surface area contributed by atoms with Crippen molar-refractivity contribution in [2.45, 2.75) is 13.3 Å². The number of halogens is 1. The van der Waals surface area contributed by atoms with Crippen LogP contribution in [0.5, 0.6) is 5.75 Å². The number of ether oxygens (including phenoxy) is 1. The van der Waals surface area contributed by atoms with Crippen LogP contribution in [0.3, 0.4) is 0 Å². The Morgan fingerprint density at radius 1 is 1.24 bits per heavy atom. The Bertz CT molecular complexity index is 856. The number of hydrogen-bond donors (Lipinski definition) is 0. The highest BCUT2D eigenvalue weighted by molar-refractivity contribution is 6.30. The third kappa shape index (κ3) is 4.19. The van der Waals surface area contributed by atoms with Gasteiger partial charge in [0.2, 0.25) is 0 Å². The molecule has 0 saturated heterocycles. The van der Waals surface area contributed by atoms with Gasteiger partial charge in [0.15, 0.2) is 6.73 Å². The lowest BCUT2D eigenvalue weighted by atomic mass is 10.3. The maximum Gasteiger partial charge on any atom is 0.272 e. The lowest BCUT2D eigenvalue weighted by molar-refractivity contribution is 0.0760. The van der Waals surface area contributed by atoms with Crippen molar-refractivity contribution in [3.05, 3.63) is 65.2 Å². The van der Waals surface area contributed by atoms with Gasteiger partial charge in [-0.1, -0.05) is 11.6 Å². The largest absolute Gasteiger partial charge is 0.471 e. The molecule has 1 aromatic carbocycles. The summed E-state index contributed by atoms with van der Waals surface area (Å²) in [7, 11) is 3.57. The van der Waals surface area contributed by atoms with Gasteiger partial charge in [0.1, 0.15) is 11.4 Å². The molecular weight excluding hydrogens is 342 g/mol. The van der Waals surface area contributed by atoms with Gasteiger partial charge in [-0.15, -0.1) is 0 Å². The molecule has 0 aliphatic rings. The zero-order valence-corrected chi connectivity index (χ0v) is 14.7. The molecule has 3 aromatic rings. The zero-order chi connectivity index (χ0) is 17.8. The molecule has 1 amide bonds. The molecule has 0 atom stereocenters. The number of aromatic nitrogens is 4. The molecule has 0 unspecified atom stereocenters. The molecule has 7 nitrogen and oxygen atoms in total. The van der Waals surface area contributed by atoms with Crippen molar-refractivity contribution in [2.75, 3.05) is 7.05 Å². The van der Waals surface area contributed by atoms with Crippen molar-refractivity contribution >= 4 is 17.5 Å². The van der Waals surface area contributed by atoms with Crippen molar-refractivity contribution in [1.29, 1.82) is 0 Å². The summed E-state index contributed by atoms with van der Waals surface area (Å²) in [6, 6.07) is 10.6. The first kappa shape index (κ1) is 17.0. The number of carbonyl (C=O) groups excluding carboxylic acids is 1. The number of amides is 1. The fourth-order valence-electron chi connectivity index (χ4n) is 2.34. The zero-order valence-electron chi connectivity index (χ0n) is 14.0. The van der Waals surface area contributed by atoms with Crippen LogP contribution in [0.2, 0.25) is 5.02 Å². The van der Waals surface area contributed by atoms with Crippen LogP contribution in [-0.2, 0) is 20.3 Å². The summed E-state index contributed by atoms with van der Waals surface area (Å²) in [5, 5.41) is 9.08. The first-order valence-electron chi connectivity index (χ1n) is 7.67. The number of carbonyl (C=O) groups is 1. The van der Waals surface area contributed by atoms with E-state index < -0.39 is 0 Å². The van der Waals surface area contributed by atoms with E-state index in [4.69, 9.17) is 16.3 Å². The van der Waals surface area contributed by atoms with Crippen LogP contribution in [0.4, 0.5) is 0 Å². The molecule has 3 rings (SSSR count). The Labute approximate surface area is 150 Å². The van der Waals surface area contributed by atoms with Gasteiger partial charge in [-0.3, -0.25) is 9.48 Å². The predicted octanol–water partition coefficient (Wildman–Crippen LogP) is 2.58. The van der Waals surface area contributed by atoms with Crippen LogP contribution < -0.4 is 4.74 Å². The summed E-state index contributed by atoms with van der Waals surface area (Å²) in [4.78, 5) is 14.2. The average molecular weight is 360 g/mol. The highest BCUT2D eigenvalue weighted by Gasteiger charge is 2.18. The number of nitrogens with zero attached hydrogens (tertiary/aromatic N) is 5. The third-order valence-corrected chi connectivity index (χ3v) is 3.87. The Morgan fingerprint density at radius 2 is 2.00 bits per heavy atom. The average Bonchev–Trinajstić information content (AvgIpc) is 3.22. The second kappa shape index (κ2) is 7.40. The van der Waals surface area contributed by atoms with Gasteiger partial charge in [0.25, 0.3) is 5.91 Å². The molecule has 0 radical (unpaired) electrons. The topological polar surface area (TPSA) is 65.2 Å². The predicted molar refractivity (Wildman–Crippen MR) is 93.3 cm³/mol. The summed E-state index contributed by atoms with van der Waals surface area (Å²) >= 11 is 5.85. The van der Waals surface area contributed by atoms with Gasteiger partial charge in [-0.25, -0.2) is 4.68 Å². The van der Waals surface area contributed by atoms with E-state index in [2.05, 4.69) is 10.2 Å². The van der Waals surface area contributed by atoms with E-state index in [9.17, 15) is 4.79 Å². The first-order valence-corrected chi connectivity index (χ1v) is 8.05. The molecule has 0 N–H and O–H groups in total. The summed E-state index contributed by atoms with van der Waals surface area (Å²) < 4.78 is 8.88. The van der Waals surface area contributed by atoms with Crippen LogP contribution in [-0.4, -0.2) is 37.4 Å². The van der Waals surface area contributed by atoms with E-state index in [0.29, 0.717) is 23.0 Å². The number of aryl methyl sites for hydroxylation is 1. The third-order valence-electron chi connectivity index (χ3n) is 3.62. The smallest absolute Gasteiger partial charge is 0.272 e. The van der Waals surface area contributed by atoms with Crippen LogP contribution in [0.15, 0.2) is 48.8 Å². The molecule has 2 aromatic heterocycles. The molecule has 130 valence electrons. The molecule has 0 spiro atoms. The number of hydrogen-bond acceptors (Lipinski definition) is 4. The molecule has 0 saturated carbocycles. The van der Waals surface area contributed by atoms with Gasteiger partial charge in [-0.2, -0.15) is 10.2 Å². The maximum atomic E-state index is 12.7. The summed E-state index contributed by atoms with van der Waals surface area (Å²) in [5.41, 5.74) is 1.27. The molecule has 0 bridgehead atoms. The Balaban J connectivity index is 1.65. The van der Waals surface area contributed by atoms with E-state index in [1.54, 1.807) is 53.2 Å². The fourth-order valence-corrected chi connectivity index (χ4v) is 2.47. The quantitative estimate of drug-likeness (QED) is 0.678.